The van der Waals surface area contributed by atoms with Crippen LogP contribution in [-0.2, 0) is 16.0 Å². The van der Waals surface area contributed by atoms with Crippen molar-refractivity contribution in [3.8, 4) is 0 Å². The summed E-state index contributed by atoms with van der Waals surface area (Å²) >= 11 is 0. The van der Waals surface area contributed by atoms with Crippen LogP contribution in [0.5, 0.6) is 0 Å². The van der Waals surface area contributed by atoms with E-state index in [1.54, 1.807) is 0 Å². The van der Waals surface area contributed by atoms with Crippen LogP contribution in [0.15, 0.2) is 30.5 Å². The number of rotatable bonds is 7. The van der Waals surface area contributed by atoms with Crippen LogP contribution in [0.4, 0.5) is 0 Å². The monoisotopic (exact) mass is 315 g/mol. The van der Waals surface area contributed by atoms with Crippen LogP contribution in [0.25, 0.3) is 10.9 Å². The predicted octanol–water partition coefficient (Wildman–Crippen LogP) is 1.94. The lowest BCUT2D eigenvalue weighted by molar-refractivity contribution is -0.121. The van der Waals surface area contributed by atoms with Crippen LogP contribution in [-0.4, -0.2) is 55.2 Å². The summed E-state index contributed by atoms with van der Waals surface area (Å²) in [6.07, 6.45) is 4.28. The number of nitrogens with zero attached hydrogens (tertiary/aromatic N) is 1. The van der Waals surface area contributed by atoms with Gasteiger partial charge in [-0.25, -0.2) is 0 Å². The largest absolute Gasteiger partial charge is 0.379 e. The molecule has 0 aliphatic carbocycles. The Morgan fingerprint density at radius 3 is 3.00 bits per heavy atom. The predicted molar refractivity (Wildman–Crippen MR) is 91.5 cm³/mol. The Morgan fingerprint density at radius 2 is 2.13 bits per heavy atom. The summed E-state index contributed by atoms with van der Waals surface area (Å²) in [7, 11) is 0. The summed E-state index contributed by atoms with van der Waals surface area (Å²) in [5.41, 5.74) is 2.35. The Balaban J connectivity index is 1.32. The quantitative estimate of drug-likeness (QED) is 0.768. The normalized spacial score (nSPS) is 15.8. The van der Waals surface area contributed by atoms with E-state index in [0.29, 0.717) is 6.42 Å². The number of benzene rings is 1. The molecule has 124 valence electrons. The van der Waals surface area contributed by atoms with Crippen molar-refractivity contribution in [3.63, 3.8) is 0 Å². The second-order valence-electron chi connectivity index (χ2n) is 6.06. The number of hydrogen-bond acceptors (Lipinski definition) is 3. The maximum atomic E-state index is 11.9. The number of amides is 1. The minimum Gasteiger partial charge on any atom is -0.379 e. The van der Waals surface area contributed by atoms with Crippen molar-refractivity contribution >= 4 is 16.8 Å². The van der Waals surface area contributed by atoms with E-state index in [1.165, 1.54) is 10.9 Å². The lowest BCUT2D eigenvalue weighted by Gasteiger charge is -2.26. The zero-order valence-electron chi connectivity index (χ0n) is 13.5. The number of morpholine rings is 1. The first-order valence-electron chi connectivity index (χ1n) is 8.44. The Morgan fingerprint density at radius 1 is 1.26 bits per heavy atom. The third-order valence-electron chi connectivity index (χ3n) is 4.34. The fraction of sp³-hybridized carbons (Fsp3) is 0.500. The van der Waals surface area contributed by atoms with Gasteiger partial charge in [0.2, 0.25) is 5.91 Å². The van der Waals surface area contributed by atoms with Gasteiger partial charge in [0.05, 0.1) is 13.2 Å². The summed E-state index contributed by atoms with van der Waals surface area (Å²) in [5.74, 6) is 0.140. The van der Waals surface area contributed by atoms with Crippen LogP contribution in [0.3, 0.4) is 0 Å². The number of carbonyl (C=O) groups is 1. The van der Waals surface area contributed by atoms with Gasteiger partial charge in [-0.05, 0) is 48.5 Å². The Hall–Kier alpha value is -1.85. The highest BCUT2D eigenvalue weighted by atomic mass is 16.5. The first-order valence-corrected chi connectivity index (χ1v) is 8.44. The summed E-state index contributed by atoms with van der Waals surface area (Å²) in [5, 5.41) is 4.22. The number of aromatic amines is 1. The molecule has 0 spiro atoms. The minimum atomic E-state index is 0.140. The van der Waals surface area contributed by atoms with Crippen LogP contribution < -0.4 is 5.32 Å². The Labute approximate surface area is 137 Å². The third kappa shape index (κ3) is 4.81. The van der Waals surface area contributed by atoms with Gasteiger partial charge in [-0.15, -0.1) is 0 Å². The molecule has 1 saturated heterocycles. The minimum absolute atomic E-state index is 0.140. The van der Waals surface area contributed by atoms with Gasteiger partial charge in [0.1, 0.15) is 0 Å². The molecular weight excluding hydrogens is 290 g/mol. The van der Waals surface area contributed by atoms with E-state index in [9.17, 15) is 4.79 Å². The molecular formula is C18H25N3O2. The number of hydrogen-bond donors (Lipinski definition) is 2. The molecule has 0 bridgehead atoms. The number of H-pyrrole nitrogens is 1. The lowest BCUT2D eigenvalue weighted by atomic mass is 10.1. The lowest BCUT2D eigenvalue weighted by Crippen LogP contribution is -2.38. The summed E-state index contributed by atoms with van der Waals surface area (Å²) in [4.78, 5) is 17.5. The maximum Gasteiger partial charge on any atom is 0.220 e. The standard InChI is InChI=1S/C18H25N3O2/c22-18(20-7-1-9-21-10-12-23-13-11-21)5-3-15-2-4-17-16(14-15)6-8-19-17/h2,4,6,8,14,19H,1,3,5,7,9-13H2,(H,20,22). The van der Waals surface area contributed by atoms with E-state index in [-0.39, 0.29) is 5.91 Å². The Kier molecular flexibility index (Phi) is 5.66. The van der Waals surface area contributed by atoms with E-state index in [0.717, 1.165) is 57.8 Å². The van der Waals surface area contributed by atoms with E-state index < -0.39 is 0 Å². The van der Waals surface area contributed by atoms with Crippen LogP contribution >= 0.6 is 0 Å². The van der Waals surface area contributed by atoms with Crippen molar-refractivity contribution in [2.45, 2.75) is 19.3 Å². The van der Waals surface area contributed by atoms with Crippen molar-refractivity contribution in [2.24, 2.45) is 0 Å². The number of carbonyl (C=O) groups excluding carboxylic acids is 1. The van der Waals surface area contributed by atoms with Crippen LogP contribution in [0, 0.1) is 0 Å². The summed E-state index contributed by atoms with van der Waals surface area (Å²) < 4.78 is 5.33. The average Bonchev–Trinajstić information content (AvgIpc) is 3.05. The molecule has 0 saturated carbocycles. The molecule has 1 aliphatic rings. The Bertz CT molecular complexity index is 632. The zero-order valence-corrected chi connectivity index (χ0v) is 13.5. The fourth-order valence-corrected chi connectivity index (χ4v) is 2.96. The molecule has 0 radical (unpaired) electrons. The molecule has 0 unspecified atom stereocenters. The van der Waals surface area contributed by atoms with Gasteiger partial charge in [0.25, 0.3) is 0 Å². The van der Waals surface area contributed by atoms with Crippen molar-refractivity contribution in [1.82, 2.24) is 15.2 Å². The molecule has 1 aromatic carbocycles. The van der Waals surface area contributed by atoms with Crippen molar-refractivity contribution < 1.29 is 9.53 Å². The first kappa shape index (κ1) is 16.0. The zero-order chi connectivity index (χ0) is 15.9. The smallest absolute Gasteiger partial charge is 0.220 e. The number of fused-ring (bicyclic) bond motifs is 1. The van der Waals surface area contributed by atoms with Gasteiger partial charge < -0.3 is 15.0 Å². The molecule has 0 atom stereocenters. The fourth-order valence-electron chi connectivity index (χ4n) is 2.96. The summed E-state index contributed by atoms with van der Waals surface area (Å²) in [6, 6.07) is 8.37. The van der Waals surface area contributed by atoms with Crippen LogP contribution in [0.2, 0.25) is 0 Å². The molecule has 1 fully saturated rings. The number of aryl methyl sites for hydroxylation is 1. The van der Waals surface area contributed by atoms with Gasteiger partial charge in [-0.2, -0.15) is 0 Å². The highest BCUT2D eigenvalue weighted by Crippen LogP contribution is 2.15. The highest BCUT2D eigenvalue weighted by Gasteiger charge is 2.09. The molecule has 5 nitrogen and oxygen atoms in total. The molecule has 5 heteroatoms. The van der Waals surface area contributed by atoms with Crippen molar-refractivity contribution in [1.29, 1.82) is 0 Å². The van der Waals surface area contributed by atoms with Gasteiger partial charge in [-0.1, -0.05) is 6.07 Å². The maximum absolute atomic E-state index is 11.9. The summed E-state index contributed by atoms with van der Waals surface area (Å²) in [6.45, 7) is 5.47. The second-order valence-corrected chi connectivity index (χ2v) is 6.06. The van der Waals surface area contributed by atoms with Crippen molar-refractivity contribution in [3.05, 3.63) is 36.0 Å². The first-order chi connectivity index (χ1) is 11.3. The molecule has 1 aromatic heterocycles. The van der Waals surface area contributed by atoms with Gasteiger partial charge >= 0.3 is 0 Å². The van der Waals surface area contributed by atoms with E-state index >= 15 is 0 Å². The molecule has 2 aromatic rings. The van der Waals surface area contributed by atoms with Gasteiger partial charge in [0.15, 0.2) is 0 Å². The second kappa shape index (κ2) is 8.13. The topological polar surface area (TPSA) is 57.4 Å². The number of ether oxygens (including phenoxy) is 1. The molecule has 2 N–H and O–H groups in total. The van der Waals surface area contributed by atoms with Gasteiger partial charge in [-0.3, -0.25) is 9.69 Å². The number of nitrogens with one attached hydrogen (secondary N) is 2. The van der Waals surface area contributed by atoms with Crippen LogP contribution in [0.1, 0.15) is 18.4 Å². The molecule has 23 heavy (non-hydrogen) atoms. The number of aromatic nitrogens is 1. The highest BCUT2D eigenvalue weighted by molar-refractivity contribution is 5.80. The van der Waals surface area contributed by atoms with Crippen molar-refractivity contribution in [2.75, 3.05) is 39.4 Å². The van der Waals surface area contributed by atoms with E-state index in [4.69, 9.17) is 4.74 Å². The molecule has 2 heterocycles. The molecule has 3 rings (SSSR count). The van der Waals surface area contributed by atoms with E-state index in [1.807, 2.05) is 6.20 Å². The third-order valence-corrected chi connectivity index (χ3v) is 4.34. The molecule has 1 aliphatic heterocycles. The van der Waals surface area contributed by atoms with Gasteiger partial charge in [0, 0.05) is 37.8 Å². The average molecular weight is 315 g/mol. The SMILES string of the molecule is O=C(CCc1ccc2[nH]ccc2c1)NCCCN1CCOCC1. The molecule has 1 amide bonds. The van der Waals surface area contributed by atoms with E-state index in [2.05, 4.69) is 39.5 Å².